The van der Waals surface area contributed by atoms with Crippen molar-refractivity contribution in [2.24, 2.45) is 0 Å². The van der Waals surface area contributed by atoms with E-state index < -0.39 is 6.10 Å². The Kier molecular flexibility index (Phi) is 3.40. The molecule has 1 aromatic carbocycles. The summed E-state index contributed by atoms with van der Waals surface area (Å²) in [5.41, 5.74) is 1.83. The third-order valence-electron chi connectivity index (χ3n) is 2.44. The Labute approximate surface area is 101 Å². The quantitative estimate of drug-likeness (QED) is 0.878. The molecule has 0 spiro atoms. The second-order valence-corrected chi connectivity index (χ2v) is 4.01. The van der Waals surface area contributed by atoms with Gasteiger partial charge in [0.2, 0.25) is 0 Å². The lowest BCUT2D eigenvalue weighted by Gasteiger charge is -2.07. The summed E-state index contributed by atoms with van der Waals surface area (Å²) in [5, 5.41) is 9.33. The van der Waals surface area contributed by atoms with Gasteiger partial charge < -0.3 is 9.84 Å². The van der Waals surface area contributed by atoms with Gasteiger partial charge in [-0.05, 0) is 38.1 Å². The van der Waals surface area contributed by atoms with E-state index in [1.807, 2.05) is 31.2 Å². The van der Waals surface area contributed by atoms with Gasteiger partial charge in [-0.15, -0.1) is 0 Å². The maximum atomic E-state index is 9.33. The summed E-state index contributed by atoms with van der Waals surface area (Å²) in [6.45, 7) is 3.71. The van der Waals surface area contributed by atoms with Gasteiger partial charge in [0, 0.05) is 0 Å². The van der Waals surface area contributed by atoms with Crippen molar-refractivity contribution in [3.05, 3.63) is 53.9 Å². The molecule has 0 aliphatic carbocycles. The van der Waals surface area contributed by atoms with Gasteiger partial charge in [-0.3, -0.25) is 4.98 Å². The first-order valence-corrected chi connectivity index (χ1v) is 5.54. The molecule has 88 valence electrons. The zero-order valence-corrected chi connectivity index (χ0v) is 9.92. The maximum Gasteiger partial charge on any atom is 0.145 e. The lowest BCUT2D eigenvalue weighted by molar-refractivity contribution is 0.194. The van der Waals surface area contributed by atoms with Crippen LogP contribution in [-0.2, 0) is 0 Å². The molecule has 2 aromatic rings. The minimum atomic E-state index is -0.552. The molecule has 3 heteroatoms. The lowest BCUT2D eigenvalue weighted by Crippen LogP contribution is -1.95. The Morgan fingerprint density at radius 3 is 2.24 bits per heavy atom. The summed E-state index contributed by atoms with van der Waals surface area (Å²) in [4.78, 5) is 4.12. The van der Waals surface area contributed by atoms with E-state index in [2.05, 4.69) is 4.98 Å². The van der Waals surface area contributed by atoms with Crippen LogP contribution in [-0.4, -0.2) is 10.1 Å². The van der Waals surface area contributed by atoms with E-state index in [9.17, 15) is 5.11 Å². The minimum Gasteiger partial charge on any atom is -0.456 e. The summed E-state index contributed by atoms with van der Waals surface area (Å²) in [6, 6.07) is 11.4. The average Bonchev–Trinajstić information content (AvgIpc) is 2.33. The van der Waals surface area contributed by atoms with Crippen LogP contribution in [0.1, 0.15) is 24.3 Å². The number of rotatable bonds is 3. The molecule has 1 atom stereocenters. The highest BCUT2D eigenvalue weighted by Gasteiger charge is 2.03. The van der Waals surface area contributed by atoms with Crippen LogP contribution in [0.3, 0.4) is 0 Å². The van der Waals surface area contributed by atoms with E-state index in [0.717, 1.165) is 5.75 Å². The fourth-order valence-corrected chi connectivity index (χ4v) is 1.44. The Morgan fingerprint density at radius 2 is 1.71 bits per heavy atom. The number of aryl methyl sites for hydroxylation is 1. The molecule has 1 N–H and O–H groups in total. The lowest BCUT2D eigenvalue weighted by atomic mass is 10.2. The SMILES string of the molecule is Cc1ccc(Oc2ccc(C(C)O)nc2)cc1. The molecular formula is C14H15NO2. The molecule has 0 saturated carbocycles. The van der Waals surface area contributed by atoms with Crippen LogP contribution in [0.15, 0.2) is 42.6 Å². The number of nitrogens with zero attached hydrogens (tertiary/aromatic N) is 1. The van der Waals surface area contributed by atoms with Crippen molar-refractivity contribution in [2.45, 2.75) is 20.0 Å². The van der Waals surface area contributed by atoms with Crippen LogP contribution in [0.25, 0.3) is 0 Å². The first-order valence-electron chi connectivity index (χ1n) is 5.54. The van der Waals surface area contributed by atoms with Gasteiger partial charge in [-0.1, -0.05) is 17.7 Å². The smallest absolute Gasteiger partial charge is 0.145 e. The van der Waals surface area contributed by atoms with Crippen LogP contribution in [0, 0.1) is 6.92 Å². The van der Waals surface area contributed by atoms with E-state index in [1.165, 1.54) is 5.56 Å². The third-order valence-corrected chi connectivity index (χ3v) is 2.44. The Morgan fingerprint density at radius 1 is 1.06 bits per heavy atom. The van der Waals surface area contributed by atoms with Crippen molar-refractivity contribution >= 4 is 0 Å². The molecule has 0 amide bonds. The van der Waals surface area contributed by atoms with E-state index in [4.69, 9.17) is 4.74 Å². The van der Waals surface area contributed by atoms with E-state index in [-0.39, 0.29) is 0 Å². The molecular weight excluding hydrogens is 214 g/mol. The van der Waals surface area contributed by atoms with Gasteiger partial charge in [0.25, 0.3) is 0 Å². The van der Waals surface area contributed by atoms with Gasteiger partial charge in [0.15, 0.2) is 0 Å². The van der Waals surface area contributed by atoms with Crippen LogP contribution < -0.4 is 4.74 Å². The van der Waals surface area contributed by atoms with Gasteiger partial charge in [-0.2, -0.15) is 0 Å². The molecule has 0 radical (unpaired) electrons. The van der Waals surface area contributed by atoms with Gasteiger partial charge in [0.1, 0.15) is 11.5 Å². The highest BCUT2D eigenvalue weighted by molar-refractivity contribution is 5.32. The van der Waals surface area contributed by atoms with Crippen molar-refractivity contribution in [3.8, 4) is 11.5 Å². The maximum absolute atomic E-state index is 9.33. The third kappa shape index (κ3) is 3.04. The number of benzene rings is 1. The van der Waals surface area contributed by atoms with Crippen LogP contribution in [0.5, 0.6) is 11.5 Å². The first-order chi connectivity index (χ1) is 8.15. The molecule has 0 aliphatic heterocycles. The van der Waals surface area contributed by atoms with Crippen LogP contribution >= 0.6 is 0 Å². The van der Waals surface area contributed by atoms with Gasteiger partial charge >= 0.3 is 0 Å². The number of aliphatic hydroxyl groups is 1. The van der Waals surface area contributed by atoms with Crippen LogP contribution in [0.4, 0.5) is 0 Å². The van der Waals surface area contributed by atoms with Crippen LogP contribution in [0.2, 0.25) is 0 Å². The topological polar surface area (TPSA) is 42.4 Å². The normalized spacial score (nSPS) is 12.2. The highest BCUT2D eigenvalue weighted by atomic mass is 16.5. The molecule has 0 fully saturated rings. The number of hydrogen-bond donors (Lipinski definition) is 1. The molecule has 3 nitrogen and oxygen atoms in total. The van der Waals surface area contributed by atoms with Gasteiger partial charge in [0.05, 0.1) is 18.0 Å². The predicted molar refractivity (Wildman–Crippen MR) is 66.1 cm³/mol. The second kappa shape index (κ2) is 4.97. The predicted octanol–water partition coefficient (Wildman–Crippen LogP) is 3.24. The number of pyridine rings is 1. The number of ether oxygens (including phenoxy) is 1. The molecule has 0 bridgehead atoms. The summed E-state index contributed by atoms with van der Waals surface area (Å²) < 4.78 is 5.62. The monoisotopic (exact) mass is 229 g/mol. The number of aliphatic hydroxyl groups excluding tert-OH is 1. The molecule has 17 heavy (non-hydrogen) atoms. The standard InChI is InChI=1S/C14H15NO2/c1-10-3-5-12(6-4-10)17-13-7-8-14(11(2)16)15-9-13/h3-9,11,16H,1-2H3. The Bertz CT molecular complexity index is 475. The zero-order chi connectivity index (χ0) is 12.3. The summed E-state index contributed by atoms with van der Waals surface area (Å²) in [6.07, 6.45) is 1.06. The highest BCUT2D eigenvalue weighted by Crippen LogP contribution is 2.21. The summed E-state index contributed by atoms with van der Waals surface area (Å²) in [5.74, 6) is 1.44. The van der Waals surface area contributed by atoms with Crippen molar-refractivity contribution in [1.82, 2.24) is 4.98 Å². The summed E-state index contributed by atoms with van der Waals surface area (Å²) >= 11 is 0. The van der Waals surface area contributed by atoms with Gasteiger partial charge in [-0.25, -0.2) is 0 Å². The molecule has 0 aliphatic rings. The minimum absolute atomic E-state index is 0.552. The Hall–Kier alpha value is -1.87. The average molecular weight is 229 g/mol. The van der Waals surface area contributed by atoms with Crippen molar-refractivity contribution in [3.63, 3.8) is 0 Å². The molecule has 1 aromatic heterocycles. The van der Waals surface area contributed by atoms with Crippen molar-refractivity contribution in [1.29, 1.82) is 0 Å². The molecule has 1 heterocycles. The Balaban J connectivity index is 2.11. The molecule has 0 saturated heterocycles. The first kappa shape index (κ1) is 11.6. The fraction of sp³-hybridized carbons (Fsp3) is 0.214. The van der Waals surface area contributed by atoms with E-state index in [0.29, 0.717) is 11.4 Å². The van der Waals surface area contributed by atoms with E-state index in [1.54, 1.807) is 25.3 Å². The number of aromatic nitrogens is 1. The van der Waals surface area contributed by atoms with Crippen molar-refractivity contribution in [2.75, 3.05) is 0 Å². The second-order valence-electron chi connectivity index (χ2n) is 4.01. The number of hydrogen-bond acceptors (Lipinski definition) is 3. The molecule has 2 rings (SSSR count). The van der Waals surface area contributed by atoms with E-state index >= 15 is 0 Å². The zero-order valence-electron chi connectivity index (χ0n) is 9.92. The summed E-state index contributed by atoms with van der Waals surface area (Å²) in [7, 11) is 0. The van der Waals surface area contributed by atoms with Crippen molar-refractivity contribution < 1.29 is 9.84 Å². The molecule has 1 unspecified atom stereocenters. The largest absolute Gasteiger partial charge is 0.456 e. The fourth-order valence-electron chi connectivity index (χ4n) is 1.44.